The van der Waals surface area contributed by atoms with E-state index in [0.29, 0.717) is 19.3 Å². The molecule has 344 valence electrons. The van der Waals surface area contributed by atoms with E-state index in [1.807, 2.05) is 36.5 Å². The third kappa shape index (κ3) is 42.3. The first kappa shape index (κ1) is 56.8. The Morgan fingerprint density at radius 1 is 0.508 bits per heavy atom. The van der Waals surface area contributed by atoms with Crippen LogP contribution in [0.4, 0.5) is 0 Å². The van der Waals surface area contributed by atoms with E-state index in [2.05, 4.69) is 38.2 Å². The third-order valence-corrected chi connectivity index (χ3v) is 11.5. The van der Waals surface area contributed by atoms with Gasteiger partial charge in [0.2, 0.25) is 5.91 Å². The van der Waals surface area contributed by atoms with E-state index in [1.54, 1.807) is 0 Å². The van der Waals surface area contributed by atoms with Gasteiger partial charge in [0.25, 0.3) is 0 Å². The molecule has 0 fully saturated rings. The highest BCUT2D eigenvalue weighted by molar-refractivity contribution is 5.77. The van der Waals surface area contributed by atoms with Gasteiger partial charge in [0.05, 0.1) is 25.2 Å². The third-order valence-electron chi connectivity index (χ3n) is 11.5. The number of amides is 1. The number of carbonyl (C=O) groups excluding carboxylic acids is 2. The van der Waals surface area contributed by atoms with E-state index in [4.69, 9.17) is 4.74 Å². The summed E-state index contributed by atoms with van der Waals surface area (Å²) in [6, 6.07) is -0.720. The molecule has 0 bridgehead atoms. The van der Waals surface area contributed by atoms with Crippen molar-refractivity contribution in [3.8, 4) is 0 Å². The quantitative estimate of drug-likeness (QED) is 0.0323. The molecule has 0 saturated carbocycles. The summed E-state index contributed by atoms with van der Waals surface area (Å²) < 4.78 is 5.89. The van der Waals surface area contributed by atoms with Gasteiger partial charge in [0.1, 0.15) is 6.10 Å². The highest BCUT2D eigenvalue weighted by atomic mass is 16.5. The van der Waals surface area contributed by atoms with Gasteiger partial charge in [-0.3, -0.25) is 9.59 Å². The predicted molar refractivity (Wildman–Crippen MR) is 255 cm³/mol. The van der Waals surface area contributed by atoms with E-state index >= 15 is 0 Å². The Balaban J connectivity index is 4.53. The van der Waals surface area contributed by atoms with Crippen molar-refractivity contribution in [3.05, 3.63) is 48.6 Å². The van der Waals surface area contributed by atoms with Gasteiger partial charge in [-0.25, -0.2) is 0 Å². The smallest absolute Gasteiger partial charge is 0.306 e. The zero-order chi connectivity index (χ0) is 43.1. The van der Waals surface area contributed by atoms with E-state index in [0.717, 1.165) is 57.8 Å². The lowest BCUT2D eigenvalue weighted by atomic mass is 10.0. The largest absolute Gasteiger partial charge is 0.462 e. The normalized spacial score (nSPS) is 13.6. The number of nitrogens with one attached hydrogen (secondary N) is 1. The summed E-state index contributed by atoms with van der Waals surface area (Å²) in [5, 5.41) is 23.7. The van der Waals surface area contributed by atoms with Gasteiger partial charge >= 0.3 is 5.97 Å². The second-order valence-corrected chi connectivity index (χ2v) is 17.3. The molecular formula is C53H97NO5. The van der Waals surface area contributed by atoms with Gasteiger partial charge in [0, 0.05) is 6.42 Å². The fourth-order valence-electron chi connectivity index (χ4n) is 7.68. The highest BCUT2D eigenvalue weighted by Crippen LogP contribution is 2.18. The van der Waals surface area contributed by atoms with Gasteiger partial charge in [-0.2, -0.15) is 0 Å². The van der Waals surface area contributed by atoms with Crippen LogP contribution in [0.2, 0.25) is 0 Å². The second kappa shape index (κ2) is 46.9. The number of aliphatic hydroxyl groups excluding tert-OH is 2. The van der Waals surface area contributed by atoms with Crippen molar-refractivity contribution >= 4 is 11.9 Å². The number of allylic oxidation sites excluding steroid dienone is 8. The number of ether oxygens (including phenoxy) is 1. The predicted octanol–water partition coefficient (Wildman–Crippen LogP) is 15.1. The minimum Gasteiger partial charge on any atom is -0.462 e. The maximum absolute atomic E-state index is 13.1. The van der Waals surface area contributed by atoms with Crippen LogP contribution in [-0.2, 0) is 14.3 Å². The second-order valence-electron chi connectivity index (χ2n) is 17.3. The highest BCUT2D eigenvalue weighted by Gasteiger charge is 2.24. The van der Waals surface area contributed by atoms with Crippen molar-refractivity contribution in [2.45, 2.75) is 270 Å². The lowest BCUT2D eigenvalue weighted by Gasteiger charge is -2.24. The molecule has 3 unspecified atom stereocenters. The first-order chi connectivity index (χ1) is 29.0. The van der Waals surface area contributed by atoms with Crippen LogP contribution < -0.4 is 5.32 Å². The Labute approximate surface area is 366 Å². The van der Waals surface area contributed by atoms with E-state index in [-0.39, 0.29) is 24.9 Å². The molecule has 6 nitrogen and oxygen atoms in total. The summed E-state index contributed by atoms with van der Waals surface area (Å²) in [5.74, 6) is -0.535. The zero-order valence-corrected chi connectivity index (χ0v) is 39.1. The molecular weight excluding hydrogens is 731 g/mol. The molecule has 59 heavy (non-hydrogen) atoms. The van der Waals surface area contributed by atoms with Crippen LogP contribution in [0.3, 0.4) is 0 Å². The van der Waals surface area contributed by atoms with E-state index < -0.39 is 18.2 Å². The van der Waals surface area contributed by atoms with Crippen LogP contribution in [0.1, 0.15) is 252 Å². The van der Waals surface area contributed by atoms with Crippen LogP contribution in [0.25, 0.3) is 0 Å². The van der Waals surface area contributed by atoms with Crippen molar-refractivity contribution < 1.29 is 24.5 Å². The van der Waals surface area contributed by atoms with Gasteiger partial charge in [-0.1, -0.05) is 249 Å². The maximum Gasteiger partial charge on any atom is 0.306 e. The minimum atomic E-state index is -0.802. The summed E-state index contributed by atoms with van der Waals surface area (Å²) >= 11 is 0. The summed E-state index contributed by atoms with van der Waals surface area (Å²) in [4.78, 5) is 26.1. The van der Waals surface area contributed by atoms with Crippen LogP contribution in [0.15, 0.2) is 48.6 Å². The first-order valence-corrected chi connectivity index (χ1v) is 25.4. The number of carbonyl (C=O) groups is 2. The molecule has 0 aromatic carbocycles. The molecule has 3 atom stereocenters. The van der Waals surface area contributed by atoms with Crippen LogP contribution in [0.5, 0.6) is 0 Å². The van der Waals surface area contributed by atoms with Gasteiger partial charge in [-0.15, -0.1) is 0 Å². The van der Waals surface area contributed by atoms with Crippen LogP contribution >= 0.6 is 0 Å². The van der Waals surface area contributed by atoms with E-state index in [1.165, 1.54) is 148 Å². The maximum atomic E-state index is 13.1. The number of aliphatic hydroxyl groups is 2. The van der Waals surface area contributed by atoms with Crippen molar-refractivity contribution in [3.63, 3.8) is 0 Å². The zero-order valence-electron chi connectivity index (χ0n) is 39.1. The Hall–Kier alpha value is -2.18. The number of unbranched alkanes of at least 4 members (excludes halogenated alkanes) is 28. The number of hydrogen-bond donors (Lipinski definition) is 3. The molecule has 0 aliphatic heterocycles. The summed E-state index contributed by atoms with van der Waals surface area (Å²) in [6.07, 6.45) is 56.2. The average molecular weight is 828 g/mol. The average Bonchev–Trinajstić information content (AvgIpc) is 3.23. The molecule has 0 aromatic heterocycles. The number of esters is 1. The monoisotopic (exact) mass is 828 g/mol. The van der Waals surface area contributed by atoms with Crippen molar-refractivity contribution in [1.29, 1.82) is 0 Å². The molecule has 1 amide bonds. The SMILES string of the molecule is CC/C=C/C=C/C=C\C=C/CCCC(CC(=O)NC(CO)C(O)CCCCCCCCCCCCC)OC(=O)CCCCCCCCCCCCCCCCCCCC. The molecule has 0 aromatic rings. The van der Waals surface area contributed by atoms with Gasteiger partial charge in [-0.05, 0) is 38.5 Å². The lowest BCUT2D eigenvalue weighted by molar-refractivity contribution is -0.151. The first-order valence-electron chi connectivity index (χ1n) is 25.4. The Morgan fingerprint density at radius 3 is 1.36 bits per heavy atom. The number of hydrogen-bond acceptors (Lipinski definition) is 5. The van der Waals surface area contributed by atoms with Crippen molar-refractivity contribution in [2.75, 3.05) is 6.61 Å². The molecule has 6 heteroatoms. The molecule has 0 heterocycles. The van der Waals surface area contributed by atoms with Crippen molar-refractivity contribution in [2.24, 2.45) is 0 Å². The summed E-state index contributed by atoms with van der Waals surface area (Å²) in [6.45, 7) is 6.32. The van der Waals surface area contributed by atoms with Gasteiger partial charge < -0.3 is 20.3 Å². The molecule has 0 aliphatic carbocycles. The fraction of sp³-hybridized carbons (Fsp3) is 0.811. The summed E-state index contributed by atoms with van der Waals surface area (Å²) in [7, 11) is 0. The Morgan fingerprint density at radius 2 is 0.915 bits per heavy atom. The van der Waals surface area contributed by atoms with Crippen molar-refractivity contribution in [1.82, 2.24) is 5.32 Å². The molecule has 3 N–H and O–H groups in total. The number of rotatable bonds is 45. The molecule has 0 saturated heterocycles. The van der Waals surface area contributed by atoms with Gasteiger partial charge in [0.15, 0.2) is 0 Å². The van der Waals surface area contributed by atoms with Crippen LogP contribution in [0, 0.1) is 0 Å². The Kier molecular flexibility index (Phi) is 45.1. The minimum absolute atomic E-state index is 0.0339. The van der Waals surface area contributed by atoms with E-state index in [9.17, 15) is 19.8 Å². The van der Waals surface area contributed by atoms with Crippen LogP contribution in [-0.4, -0.2) is 46.9 Å². The molecule has 0 aliphatic rings. The molecule has 0 spiro atoms. The standard InChI is InChI=1S/C53H97NO5/c1-4-7-10-13-16-19-22-23-24-25-26-27-28-31-34-37-40-43-46-53(58)59-49(44-41-38-35-32-29-20-17-14-11-8-5-2)47-52(57)54-50(48-55)51(56)45-42-39-36-33-30-21-18-15-12-9-6-3/h8,11,14,17,20,29,32,35,49-51,55-56H,4-7,9-10,12-13,15-16,18-19,21-28,30-31,33-34,36-48H2,1-3H3,(H,54,57)/b11-8+,17-14+,29-20-,35-32-. The summed E-state index contributed by atoms with van der Waals surface area (Å²) in [5.41, 5.74) is 0. The lowest BCUT2D eigenvalue weighted by Crippen LogP contribution is -2.46. The topological polar surface area (TPSA) is 95.9 Å². The fourth-order valence-corrected chi connectivity index (χ4v) is 7.68. The molecule has 0 radical (unpaired) electrons. The Bertz CT molecular complexity index is 1020. The molecule has 0 rings (SSSR count).